The molecule has 0 saturated carbocycles. The van der Waals surface area contributed by atoms with E-state index in [0.29, 0.717) is 5.75 Å². The molecular formula is C15H16BrNO3S. The first-order valence-electron chi connectivity index (χ1n) is 6.38. The van der Waals surface area contributed by atoms with Gasteiger partial charge in [0.2, 0.25) is 0 Å². The third-order valence-corrected chi connectivity index (χ3v) is 4.16. The first-order chi connectivity index (χ1) is 9.77. The lowest BCUT2D eigenvalue weighted by molar-refractivity contribution is 0.0691. The van der Waals surface area contributed by atoms with Crippen molar-refractivity contribution < 1.29 is 14.6 Å². The van der Waals surface area contributed by atoms with Gasteiger partial charge in [-0.05, 0) is 18.2 Å². The van der Waals surface area contributed by atoms with Gasteiger partial charge in [0, 0.05) is 15.3 Å². The van der Waals surface area contributed by atoms with Crippen molar-refractivity contribution in [2.45, 2.75) is 32.8 Å². The molecule has 0 atom stereocenters. The zero-order chi connectivity index (χ0) is 15.6. The number of carboxylic acid groups (broad SMARTS) is 1. The second-order valence-electron chi connectivity index (χ2n) is 5.61. The van der Waals surface area contributed by atoms with Gasteiger partial charge in [-0.1, -0.05) is 36.7 Å². The number of halogens is 1. The minimum Gasteiger partial charge on any atom is -0.485 e. The van der Waals surface area contributed by atoms with Gasteiger partial charge >= 0.3 is 5.97 Å². The fraction of sp³-hybridized carbons (Fsp3) is 0.333. The fourth-order valence-corrected chi connectivity index (χ4v) is 2.93. The zero-order valence-corrected chi connectivity index (χ0v) is 14.4. The highest BCUT2D eigenvalue weighted by molar-refractivity contribution is 9.10. The van der Waals surface area contributed by atoms with Crippen molar-refractivity contribution in [3.8, 4) is 5.75 Å². The predicted molar refractivity (Wildman–Crippen MR) is 86.2 cm³/mol. The summed E-state index contributed by atoms with van der Waals surface area (Å²) in [6, 6.07) is 4.85. The summed E-state index contributed by atoms with van der Waals surface area (Å²) in [5.41, 5.74) is 1.15. The summed E-state index contributed by atoms with van der Waals surface area (Å²) in [7, 11) is 0. The third-order valence-electron chi connectivity index (χ3n) is 2.85. The van der Waals surface area contributed by atoms with Gasteiger partial charge in [-0.3, -0.25) is 0 Å². The summed E-state index contributed by atoms with van der Waals surface area (Å²) in [6.45, 7) is 6.56. The predicted octanol–water partition coefficient (Wildman–Crippen LogP) is 4.48. The molecule has 21 heavy (non-hydrogen) atoms. The first-order valence-corrected chi connectivity index (χ1v) is 8.05. The standard InChI is InChI=1S/C15H16BrNO3S/c1-15(2,3)12-8-21-13(17-12)7-20-11-6-9(16)4-5-10(11)14(18)19/h4-6,8H,7H2,1-3H3,(H,18,19). The quantitative estimate of drug-likeness (QED) is 0.862. The van der Waals surface area contributed by atoms with Gasteiger partial charge < -0.3 is 9.84 Å². The largest absolute Gasteiger partial charge is 0.485 e. The van der Waals surface area contributed by atoms with Crippen LogP contribution in [0.15, 0.2) is 28.1 Å². The van der Waals surface area contributed by atoms with E-state index in [-0.39, 0.29) is 17.6 Å². The summed E-state index contributed by atoms with van der Waals surface area (Å²) in [5, 5.41) is 12.0. The number of rotatable bonds is 4. The van der Waals surface area contributed by atoms with Crippen molar-refractivity contribution in [2.75, 3.05) is 0 Å². The van der Waals surface area contributed by atoms with E-state index in [0.717, 1.165) is 15.2 Å². The Morgan fingerprint density at radius 3 is 2.71 bits per heavy atom. The van der Waals surface area contributed by atoms with E-state index in [9.17, 15) is 4.79 Å². The van der Waals surface area contributed by atoms with Crippen molar-refractivity contribution in [1.82, 2.24) is 4.98 Å². The fourth-order valence-electron chi connectivity index (χ4n) is 1.65. The molecular weight excluding hydrogens is 354 g/mol. The van der Waals surface area contributed by atoms with E-state index < -0.39 is 5.97 Å². The normalized spacial score (nSPS) is 11.4. The van der Waals surface area contributed by atoms with Crippen LogP contribution in [0.4, 0.5) is 0 Å². The van der Waals surface area contributed by atoms with Crippen LogP contribution in [0.5, 0.6) is 5.75 Å². The first kappa shape index (κ1) is 16.0. The number of benzene rings is 1. The SMILES string of the molecule is CC(C)(C)c1csc(COc2cc(Br)ccc2C(=O)O)n1. The van der Waals surface area contributed by atoms with E-state index in [2.05, 4.69) is 41.7 Å². The number of ether oxygens (including phenoxy) is 1. The molecule has 0 radical (unpaired) electrons. The molecule has 0 saturated heterocycles. The Hall–Kier alpha value is -1.40. The van der Waals surface area contributed by atoms with E-state index in [1.807, 2.05) is 5.38 Å². The number of hydrogen-bond acceptors (Lipinski definition) is 4. The summed E-state index contributed by atoms with van der Waals surface area (Å²) in [4.78, 5) is 15.7. The monoisotopic (exact) mass is 369 g/mol. The van der Waals surface area contributed by atoms with Crippen LogP contribution in [0.1, 0.15) is 41.8 Å². The Labute approximate surface area is 135 Å². The molecule has 2 rings (SSSR count). The van der Waals surface area contributed by atoms with Crippen LogP contribution in [0.2, 0.25) is 0 Å². The van der Waals surface area contributed by atoms with Crippen LogP contribution in [-0.4, -0.2) is 16.1 Å². The van der Waals surface area contributed by atoms with E-state index in [4.69, 9.17) is 9.84 Å². The van der Waals surface area contributed by atoms with Crippen LogP contribution < -0.4 is 4.74 Å². The topological polar surface area (TPSA) is 59.4 Å². The molecule has 0 aliphatic heterocycles. The molecule has 0 bridgehead atoms. The Balaban J connectivity index is 2.15. The molecule has 4 nitrogen and oxygen atoms in total. The van der Waals surface area contributed by atoms with Gasteiger partial charge in [0.15, 0.2) is 0 Å². The number of nitrogens with zero attached hydrogens (tertiary/aromatic N) is 1. The van der Waals surface area contributed by atoms with E-state index in [1.54, 1.807) is 12.1 Å². The average molecular weight is 370 g/mol. The summed E-state index contributed by atoms with van der Waals surface area (Å²) in [6.07, 6.45) is 0. The minimum atomic E-state index is -1.01. The van der Waals surface area contributed by atoms with Gasteiger partial charge in [-0.15, -0.1) is 11.3 Å². The molecule has 112 valence electrons. The molecule has 0 amide bonds. The lowest BCUT2D eigenvalue weighted by Gasteiger charge is -2.14. The molecule has 1 heterocycles. The highest BCUT2D eigenvalue weighted by Gasteiger charge is 2.18. The highest BCUT2D eigenvalue weighted by atomic mass is 79.9. The Morgan fingerprint density at radius 1 is 1.43 bits per heavy atom. The average Bonchev–Trinajstić information content (AvgIpc) is 2.84. The Morgan fingerprint density at radius 2 is 2.14 bits per heavy atom. The second-order valence-corrected chi connectivity index (χ2v) is 7.47. The third kappa shape index (κ3) is 4.04. The van der Waals surface area contributed by atoms with Crippen molar-refractivity contribution in [2.24, 2.45) is 0 Å². The molecule has 1 aromatic heterocycles. The Kier molecular flexibility index (Phi) is 4.68. The maximum absolute atomic E-state index is 11.2. The maximum Gasteiger partial charge on any atom is 0.339 e. The van der Waals surface area contributed by atoms with Crippen molar-refractivity contribution in [3.63, 3.8) is 0 Å². The van der Waals surface area contributed by atoms with Gasteiger partial charge in [0.1, 0.15) is 22.9 Å². The van der Waals surface area contributed by atoms with Crippen LogP contribution in [0.25, 0.3) is 0 Å². The molecule has 1 N–H and O–H groups in total. The maximum atomic E-state index is 11.2. The number of aromatic nitrogens is 1. The molecule has 0 fully saturated rings. The number of aromatic carboxylic acids is 1. The molecule has 0 unspecified atom stereocenters. The van der Waals surface area contributed by atoms with Crippen LogP contribution >= 0.6 is 27.3 Å². The van der Waals surface area contributed by atoms with Crippen molar-refractivity contribution >= 4 is 33.2 Å². The number of thiazole rings is 1. The van der Waals surface area contributed by atoms with Gasteiger partial charge in [-0.25, -0.2) is 9.78 Å². The minimum absolute atomic E-state index is 0.00322. The zero-order valence-electron chi connectivity index (χ0n) is 12.0. The molecule has 0 spiro atoms. The van der Waals surface area contributed by atoms with Crippen LogP contribution in [-0.2, 0) is 12.0 Å². The lowest BCUT2D eigenvalue weighted by atomic mass is 9.93. The second kappa shape index (κ2) is 6.15. The van der Waals surface area contributed by atoms with Gasteiger partial charge in [-0.2, -0.15) is 0 Å². The van der Waals surface area contributed by atoms with Gasteiger partial charge in [0.25, 0.3) is 0 Å². The van der Waals surface area contributed by atoms with E-state index >= 15 is 0 Å². The molecule has 0 aliphatic carbocycles. The van der Waals surface area contributed by atoms with E-state index in [1.165, 1.54) is 17.4 Å². The molecule has 2 aromatic rings. The van der Waals surface area contributed by atoms with Crippen molar-refractivity contribution in [1.29, 1.82) is 0 Å². The summed E-state index contributed by atoms with van der Waals surface area (Å²) < 4.78 is 6.40. The molecule has 6 heteroatoms. The lowest BCUT2D eigenvalue weighted by Crippen LogP contribution is -2.11. The van der Waals surface area contributed by atoms with Crippen molar-refractivity contribution in [3.05, 3.63) is 44.3 Å². The van der Waals surface area contributed by atoms with Gasteiger partial charge in [0.05, 0.1) is 5.69 Å². The van der Waals surface area contributed by atoms with Crippen LogP contribution in [0, 0.1) is 0 Å². The summed E-state index contributed by atoms with van der Waals surface area (Å²) in [5.74, 6) is -0.670. The Bertz CT molecular complexity index is 661. The highest BCUT2D eigenvalue weighted by Crippen LogP contribution is 2.27. The molecule has 1 aromatic carbocycles. The number of carboxylic acids is 1. The molecule has 0 aliphatic rings. The van der Waals surface area contributed by atoms with Crippen LogP contribution in [0.3, 0.4) is 0 Å². The number of hydrogen-bond donors (Lipinski definition) is 1. The summed E-state index contributed by atoms with van der Waals surface area (Å²) >= 11 is 4.83. The smallest absolute Gasteiger partial charge is 0.339 e. The number of carbonyl (C=O) groups is 1.